The van der Waals surface area contributed by atoms with E-state index in [1.54, 1.807) is 18.2 Å². The van der Waals surface area contributed by atoms with Crippen molar-refractivity contribution in [2.45, 2.75) is 71.0 Å². The standard InChI is InChI=1S/C31H38ClN3O4S/c1-6-24(5)33-31(37)29(7-2)34(20-25-13-11-22(3)12-14-25)30(36)21-35(27-10-8-9-23(4)19-27)40(38,39)28-17-15-26(32)16-18-28/h8-19,24,29H,6-7,20-21H2,1-5H3,(H,33,37)/t24-,29+/m1/s1. The Bertz CT molecular complexity index is 1410. The summed E-state index contributed by atoms with van der Waals surface area (Å²) in [6.07, 6.45) is 1.11. The SMILES string of the molecule is CC[C@@H](C)NC(=O)[C@H](CC)N(Cc1ccc(C)cc1)C(=O)CN(c1cccc(C)c1)S(=O)(=O)c1ccc(Cl)cc1. The monoisotopic (exact) mass is 583 g/mol. The molecule has 0 aliphatic carbocycles. The molecule has 0 radical (unpaired) electrons. The molecule has 3 aromatic rings. The lowest BCUT2D eigenvalue weighted by atomic mass is 10.1. The van der Waals surface area contributed by atoms with E-state index in [0.717, 1.165) is 27.4 Å². The number of benzene rings is 3. The Labute approximate surface area is 243 Å². The van der Waals surface area contributed by atoms with Crippen LogP contribution in [-0.2, 0) is 26.2 Å². The molecule has 0 aromatic heterocycles. The van der Waals surface area contributed by atoms with Gasteiger partial charge < -0.3 is 10.2 Å². The van der Waals surface area contributed by atoms with Crippen molar-refractivity contribution in [3.05, 3.63) is 94.5 Å². The van der Waals surface area contributed by atoms with E-state index in [2.05, 4.69) is 5.32 Å². The Morgan fingerprint density at radius 3 is 2.12 bits per heavy atom. The van der Waals surface area contributed by atoms with Crippen molar-refractivity contribution in [1.82, 2.24) is 10.2 Å². The molecule has 0 spiro atoms. The molecule has 0 aliphatic rings. The highest BCUT2D eigenvalue weighted by molar-refractivity contribution is 7.92. The van der Waals surface area contributed by atoms with Gasteiger partial charge in [-0.1, -0.05) is 67.4 Å². The largest absolute Gasteiger partial charge is 0.352 e. The van der Waals surface area contributed by atoms with Gasteiger partial charge in [0.2, 0.25) is 11.8 Å². The molecule has 3 aromatic carbocycles. The van der Waals surface area contributed by atoms with Crippen molar-refractivity contribution in [2.24, 2.45) is 0 Å². The van der Waals surface area contributed by atoms with Crippen LogP contribution in [-0.4, -0.2) is 43.8 Å². The number of nitrogens with one attached hydrogen (secondary N) is 1. The van der Waals surface area contributed by atoms with Crippen molar-refractivity contribution in [1.29, 1.82) is 0 Å². The minimum atomic E-state index is -4.14. The van der Waals surface area contributed by atoms with Crippen LogP contribution in [0.1, 0.15) is 50.3 Å². The zero-order valence-electron chi connectivity index (χ0n) is 23.7. The third-order valence-corrected chi connectivity index (χ3v) is 8.87. The molecule has 7 nitrogen and oxygen atoms in total. The first kappa shape index (κ1) is 31.2. The fourth-order valence-corrected chi connectivity index (χ4v) is 5.83. The minimum Gasteiger partial charge on any atom is -0.352 e. The number of hydrogen-bond acceptors (Lipinski definition) is 4. The maximum Gasteiger partial charge on any atom is 0.264 e. The number of amides is 2. The number of aryl methyl sites for hydroxylation is 2. The highest BCUT2D eigenvalue weighted by Crippen LogP contribution is 2.26. The van der Waals surface area contributed by atoms with Crippen LogP contribution in [0.2, 0.25) is 5.02 Å². The molecule has 0 bridgehead atoms. The lowest BCUT2D eigenvalue weighted by Crippen LogP contribution is -2.53. The van der Waals surface area contributed by atoms with Crippen LogP contribution in [0.4, 0.5) is 5.69 Å². The van der Waals surface area contributed by atoms with Gasteiger partial charge in [-0.15, -0.1) is 0 Å². The molecule has 1 N–H and O–H groups in total. The summed E-state index contributed by atoms with van der Waals surface area (Å²) in [5.74, 6) is -0.745. The topological polar surface area (TPSA) is 86.8 Å². The first-order valence-corrected chi connectivity index (χ1v) is 15.3. The van der Waals surface area contributed by atoms with Crippen LogP contribution in [0.3, 0.4) is 0 Å². The smallest absolute Gasteiger partial charge is 0.264 e. The average Bonchev–Trinajstić information content (AvgIpc) is 2.92. The summed E-state index contributed by atoms with van der Waals surface area (Å²) in [4.78, 5) is 28.9. The first-order valence-electron chi connectivity index (χ1n) is 13.5. The third kappa shape index (κ3) is 7.86. The van der Waals surface area contributed by atoms with E-state index in [4.69, 9.17) is 11.6 Å². The molecule has 0 aliphatic heterocycles. The number of nitrogens with zero attached hydrogens (tertiary/aromatic N) is 2. The Morgan fingerprint density at radius 2 is 1.55 bits per heavy atom. The molecule has 214 valence electrons. The maximum atomic E-state index is 14.1. The third-order valence-electron chi connectivity index (χ3n) is 6.83. The molecule has 3 rings (SSSR count). The molecular formula is C31H38ClN3O4S. The van der Waals surface area contributed by atoms with Crippen LogP contribution >= 0.6 is 11.6 Å². The van der Waals surface area contributed by atoms with Gasteiger partial charge in [0.15, 0.2) is 0 Å². The highest BCUT2D eigenvalue weighted by atomic mass is 35.5. The summed E-state index contributed by atoms with van der Waals surface area (Å²) in [6, 6.07) is 19.7. The summed E-state index contributed by atoms with van der Waals surface area (Å²) in [6.45, 7) is 9.24. The summed E-state index contributed by atoms with van der Waals surface area (Å²) in [5, 5.41) is 3.39. The van der Waals surface area contributed by atoms with Gasteiger partial charge in [-0.25, -0.2) is 8.42 Å². The van der Waals surface area contributed by atoms with Crippen molar-refractivity contribution < 1.29 is 18.0 Å². The van der Waals surface area contributed by atoms with Crippen LogP contribution < -0.4 is 9.62 Å². The molecule has 0 heterocycles. The van der Waals surface area contributed by atoms with Crippen molar-refractivity contribution >= 4 is 39.1 Å². The number of halogens is 1. The molecule has 0 saturated heterocycles. The van der Waals surface area contributed by atoms with Gasteiger partial charge in [-0.2, -0.15) is 0 Å². The average molecular weight is 584 g/mol. The van der Waals surface area contributed by atoms with Gasteiger partial charge in [0.05, 0.1) is 10.6 Å². The highest BCUT2D eigenvalue weighted by Gasteiger charge is 2.34. The molecule has 40 heavy (non-hydrogen) atoms. The Hall–Kier alpha value is -3.36. The fraction of sp³-hybridized carbons (Fsp3) is 0.355. The van der Waals surface area contributed by atoms with Crippen LogP contribution in [0.25, 0.3) is 0 Å². The number of hydrogen-bond donors (Lipinski definition) is 1. The lowest BCUT2D eigenvalue weighted by molar-refractivity contribution is -0.140. The van der Waals surface area contributed by atoms with E-state index in [0.29, 0.717) is 17.1 Å². The van der Waals surface area contributed by atoms with Crippen molar-refractivity contribution in [3.63, 3.8) is 0 Å². The first-order chi connectivity index (χ1) is 19.0. The van der Waals surface area contributed by atoms with Gasteiger partial charge in [0.25, 0.3) is 10.0 Å². The number of carbonyl (C=O) groups excluding carboxylic acids is 2. The number of anilines is 1. The predicted molar refractivity (Wildman–Crippen MR) is 161 cm³/mol. The zero-order chi connectivity index (χ0) is 29.4. The van der Waals surface area contributed by atoms with Gasteiger partial charge in [-0.05, 0) is 81.1 Å². The zero-order valence-corrected chi connectivity index (χ0v) is 25.3. The second-order valence-electron chi connectivity index (χ2n) is 10.1. The molecule has 0 fully saturated rings. The lowest BCUT2D eigenvalue weighted by Gasteiger charge is -2.33. The van der Waals surface area contributed by atoms with E-state index < -0.39 is 28.5 Å². The normalized spacial score (nSPS) is 12.8. The summed E-state index contributed by atoms with van der Waals surface area (Å²) in [5.41, 5.74) is 3.12. The molecule has 0 unspecified atom stereocenters. The second kappa shape index (κ2) is 13.8. The van der Waals surface area contributed by atoms with E-state index >= 15 is 0 Å². The van der Waals surface area contributed by atoms with Crippen molar-refractivity contribution in [3.8, 4) is 0 Å². The Morgan fingerprint density at radius 1 is 0.900 bits per heavy atom. The second-order valence-corrected chi connectivity index (χ2v) is 12.4. The summed E-state index contributed by atoms with van der Waals surface area (Å²) in [7, 11) is -4.14. The van der Waals surface area contributed by atoms with Crippen LogP contribution in [0.5, 0.6) is 0 Å². The fourth-order valence-electron chi connectivity index (χ4n) is 4.30. The van der Waals surface area contributed by atoms with Crippen LogP contribution in [0, 0.1) is 13.8 Å². The summed E-state index contributed by atoms with van der Waals surface area (Å²) >= 11 is 6.01. The molecule has 2 amide bonds. The predicted octanol–water partition coefficient (Wildman–Crippen LogP) is 5.87. The molecule has 9 heteroatoms. The van der Waals surface area contributed by atoms with Gasteiger partial charge in [0, 0.05) is 17.6 Å². The summed E-state index contributed by atoms with van der Waals surface area (Å²) < 4.78 is 28.9. The van der Waals surface area contributed by atoms with Gasteiger partial charge in [0.1, 0.15) is 12.6 Å². The molecule has 0 saturated carbocycles. The van der Waals surface area contributed by atoms with Gasteiger partial charge >= 0.3 is 0 Å². The van der Waals surface area contributed by atoms with E-state index in [1.165, 1.54) is 29.2 Å². The van der Waals surface area contributed by atoms with Crippen LogP contribution in [0.15, 0.2) is 77.7 Å². The van der Waals surface area contributed by atoms with E-state index in [-0.39, 0.29) is 23.4 Å². The quantitative estimate of drug-likeness (QED) is 0.289. The number of rotatable bonds is 12. The molecular weight excluding hydrogens is 546 g/mol. The van der Waals surface area contributed by atoms with Crippen molar-refractivity contribution in [2.75, 3.05) is 10.8 Å². The number of sulfonamides is 1. The van der Waals surface area contributed by atoms with Gasteiger partial charge in [-0.3, -0.25) is 13.9 Å². The Balaban J connectivity index is 2.05. The Kier molecular flexibility index (Phi) is 10.8. The van der Waals surface area contributed by atoms with E-state index in [1.807, 2.05) is 65.0 Å². The maximum absolute atomic E-state index is 14.1. The number of carbonyl (C=O) groups is 2. The van der Waals surface area contributed by atoms with E-state index in [9.17, 15) is 18.0 Å². The molecule has 2 atom stereocenters. The minimum absolute atomic E-state index is 0.0119.